The molecule has 3 aromatic carbocycles. The van der Waals surface area contributed by atoms with Crippen LogP contribution >= 0.6 is 23.1 Å². The number of nitrogens with zero attached hydrogens (tertiary/aromatic N) is 2. The number of nitrogens with one attached hydrogen (secondary N) is 1. The summed E-state index contributed by atoms with van der Waals surface area (Å²) in [4.78, 5) is 18.2. The molecular weight excluding hydrogens is 422 g/mol. The Morgan fingerprint density at radius 2 is 1.81 bits per heavy atom. The van der Waals surface area contributed by atoms with Crippen molar-refractivity contribution in [3.63, 3.8) is 0 Å². The fourth-order valence-electron chi connectivity index (χ4n) is 3.57. The molecule has 1 amide bonds. The minimum Gasteiger partial charge on any atom is -0.342 e. The largest absolute Gasteiger partial charge is 0.342 e. The van der Waals surface area contributed by atoms with Crippen molar-refractivity contribution in [2.45, 2.75) is 18.4 Å². The van der Waals surface area contributed by atoms with E-state index in [-0.39, 0.29) is 5.91 Å². The number of thiazole rings is 1. The molecule has 0 radical (unpaired) electrons. The lowest BCUT2D eigenvalue weighted by atomic mass is 10.1. The zero-order valence-electron chi connectivity index (χ0n) is 17.0. The summed E-state index contributed by atoms with van der Waals surface area (Å²) in [7, 11) is 0. The van der Waals surface area contributed by atoms with Crippen molar-refractivity contribution >= 4 is 55.3 Å². The lowest BCUT2D eigenvalue weighted by molar-refractivity contribution is -0.113. The van der Waals surface area contributed by atoms with E-state index in [2.05, 4.69) is 70.5 Å². The maximum atomic E-state index is 12.6. The quantitative estimate of drug-likeness (QED) is 0.312. The molecule has 0 aliphatic carbocycles. The number of amides is 1. The first-order chi connectivity index (χ1) is 15.2. The number of benzene rings is 3. The normalized spacial score (nSPS) is 11.3. The molecular formula is C25H21N3OS2. The van der Waals surface area contributed by atoms with E-state index in [0.717, 1.165) is 21.7 Å². The molecule has 0 atom stereocenters. The van der Waals surface area contributed by atoms with Crippen LogP contribution in [0.4, 0.5) is 5.13 Å². The molecule has 0 aliphatic heterocycles. The molecule has 5 rings (SSSR count). The SMILES string of the molecule is Cc1ccc(Cn2cc(SCC(=O)Nc3nc4ccccc4s3)c3ccccc32)cc1. The van der Waals surface area contributed by atoms with Crippen LogP contribution in [0, 0.1) is 6.92 Å². The van der Waals surface area contributed by atoms with Crippen LogP contribution in [0.1, 0.15) is 11.1 Å². The van der Waals surface area contributed by atoms with Gasteiger partial charge in [0.05, 0.1) is 16.0 Å². The van der Waals surface area contributed by atoms with Gasteiger partial charge >= 0.3 is 0 Å². The van der Waals surface area contributed by atoms with Crippen LogP contribution < -0.4 is 5.32 Å². The van der Waals surface area contributed by atoms with Gasteiger partial charge in [0, 0.05) is 28.5 Å². The van der Waals surface area contributed by atoms with Crippen LogP contribution in [0.2, 0.25) is 0 Å². The second kappa shape index (κ2) is 8.57. The van der Waals surface area contributed by atoms with Crippen molar-refractivity contribution < 1.29 is 4.79 Å². The Bertz CT molecular complexity index is 1340. The van der Waals surface area contributed by atoms with Crippen LogP contribution in [0.5, 0.6) is 0 Å². The van der Waals surface area contributed by atoms with E-state index in [1.807, 2.05) is 30.3 Å². The summed E-state index contributed by atoms with van der Waals surface area (Å²) in [6.45, 7) is 2.90. The molecule has 0 aliphatic rings. The van der Waals surface area contributed by atoms with Crippen LogP contribution in [0.3, 0.4) is 0 Å². The Kier molecular flexibility index (Phi) is 5.49. The molecule has 5 aromatic rings. The average molecular weight is 444 g/mol. The van der Waals surface area contributed by atoms with Crippen molar-refractivity contribution in [2.75, 3.05) is 11.1 Å². The minimum atomic E-state index is -0.0422. The molecule has 6 heteroatoms. The number of aryl methyl sites for hydroxylation is 1. The van der Waals surface area contributed by atoms with Gasteiger partial charge in [0.25, 0.3) is 0 Å². The third-order valence-electron chi connectivity index (χ3n) is 5.12. The van der Waals surface area contributed by atoms with Crippen LogP contribution in [0.15, 0.2) is 83.9 Å². The van der Waals surface area contributed by atoms with E-state index in [1.54, 1.807) is 11.8 Å². The van der Waals surface area contributed by atoms with Gasteiger partial charge in [-0.1, -0.05) is 71.5 Å². The van der Waals surface area contributed by atoms with Gasteiger partial charge in [0.15, 0.2) is 5.13 Å². The first kappa shape index (κ1) is 19.8. The van der Waals surface area contributed by atoms with Gasteiger partial charge in [-0.15, -0.1) is 11.8 Å². The number of hydrogen-bond acceptors (Lipinski definition) is 4. The smallest absolute Gasteiger partial charge is 0.236 e. The maximum absolute atomic E-state index is 12.6. The van der Waals surface area contributed by atoms with E-state index in [0.29, 0.717) is 10.9 Å². The number of carbonyl (C=O) groups is 1. The van der Waals surface area contributed by atoms with Gasteiger partial charge < -0.3 is 9.88 Å². The molecule has 31 heavy (non-hydrogen) atoms. The van der Waals surface area contributed by atoms with E-state index in [1.165, 1.54) is 33.4 Å². The van der Waals surface area contributed by atoms with Crippen molar-refractivity contribution in [3.8, 4) is 0 Å². The topological polar surface area (TPSA) is 46.9 Å². The van der Waals surface area contributed by atoms with E-state index >= 15 is 0 Å². The van der Waals surface area contributed by atoms with E-state index in [9.17, 15) is 4.79 Å². The number of rotatable bonds is 6. The lowest BCUT2D eigenvalue weighted by Crippen LogP contribution is -2.13. The van der Waals surface area contributed by atoms with E-state index < -0.39 is 0 Å². The lowest BCUT2D eigenvalue weighted by Gasteiger charge is -2.06. The molecule has 0 spiro atoms. The summed E-state index contributed by atoms with van der Waals surface area (Å²) in [5.41, 5.74) is 4.61. The van der Waals surface area contributed by atoms with Crippen LogP contribution in [-0.4, -0.2) is 21.2 Å². The highest BCUT2D eigenvalue weighted by Gasteiger charge is 2.12. The molecule has 2 heterocycles. The maximum Gasteiger partial charge on any atom is 0.236 e. The molecule has 154 valence electrons. The second-order valence-electron chi connectivity index (χ2n) is 7.45. The molecule has 0 saturated carbocycles. The minimum absolute atomic E-state index is 0.0422. The summed E-state index contributed by atoms with van der Waals surface area (Å²) < 4.78 is 3.33. The van der Waals surface area contributed by atoms with Gasteiger partial charge in [-0.2, -0.15) is 0 Å². The number of para-hydroxylation sites is 2. The van der Waals surface area contributed by atoms with Crippen LogP contribution in [0.25, 0.3) is 21.1 Å². The standard InChI is InChI=1S/C25H21N3OS2/c1-17-10-12-18(13-11-17)14-28-15-23(19-6-2-4-8-21(19)28)30-16-24(29)27-25-26-20-7-3-5-9-22(20)31-25/h2-13,15H,14,16H2,1H3,(H,26,27,29). The molecule has 0 fully saturated rings. The first-order valence-corrected chi connectivity index (χ1v) is 11.9. The van der Waals surface area contributed by atoms with Crippen molar-refractivity contribution in [1.29, 1.82) is 0 Å². The summed E-state index contributed by atoms with van der Waals surface area (Å²) in [5.74, 6) is 0.300. The summed E-state index contributed by atoms with van der Waals surface area (Å²) >= 11 is 3.06. The van der Waals surface area contributed by atoms with Crippen LogP contribution in [-0.2, 0) is 11.3 Å². The number of thioether (sulfide) groups is 1. The van der Waals surface area contributed by atoms with Gasteiger partial charge in [-0.05, 0) is 30.7 Å². The Labute approximate surface area is 188 Å². The number of fused-ring (bicyclic) bond motifs is 2. The van der Waals surface area contributed by atoms with Crippen molar-refractivity contribution in [2.24, 2.45) is 0 Å². The molecule has 0 saturated heterocycles. The highest BCUT2D eigenvalue weighted by atomic mass is 32.2. The third-order valence-corrected chi connectivity index (χ3v) is 7.12. The number of anilines is 1. The summed E-state index contributed by atoms with van der Waals surface area (Å²) in [6.07, 6.45) is 2.15. The first-order valence-electron chi connectivity index (χ1n) is 10.1. The fourth-order valence-corrected chi connectivity index (χ4v) is 5.34. The Morgan fingerprint density at radius 1 is 1.03 bits per heavy atom. The average Bonchev–Trinajstić information content (AvgIpc) is 3.35. The van der Waals surface area contributed by atoms with Crippen molar-refractivity contribution in [3.05, 3.63) is 90.1 Å². The molecule has 1 N–H and O–H groups in total. The summed E-state index contributed by atoms with van der Waals surface area (Å²) in [6, 6.07) is 24.9. The third kappa shape index (κ3) is 4.36. The number of aromatic nitrogens is 2. The Hall–Kier alpha value is -3.09. The molecule has 0 unspecified atom stereocenters. The summed E-state index contributed by atoms with van der Waals surface area (Å²) in [5, 5.41) is 4.76. The Morgan fingerprint density at radius 3 is 2.65 bits per heavy atom. The zero-order chi connectivity index (χ0) is 21.2. The fraction of sp³-hybridized carbons (Fsp3) is 0.120. The van der Waals surface area contributed by atoms with Gasteiger partial charge in [0.1, 0.15) is 0 Å². The predicted octanol–water partition coefficient (Wildman–Crippen LogP) is 6.34. The Balaban J connectivity index is 1.31. The van der Waals surface area contributed by atoms with Gasteiger partial charge in [-0.3, -0.25) is 4.79 Å². The monoisotopic (exact) mass is 443 g/mol. The van der Waals surface area contributed by atoms with Gasteiger partial charge in [-0.25, -0.2) is 4.98 Å². The second-order valence-corrected chi connectivity index (χ2v) is 9.50. The zero-order valence-corrected chi connectivity index (χ0v) is 18.7. The predicted molar refractivity (Wildman–Crippen MR) is 131 cm³/mol. The highest BCUT2D eigenvalue weighted by Crippen LogP contribution is 2.31. The van der Waals surface area contributed by atoms with Crippen molar-refractivity contribution in [1.82, 2.24) is 9.55 Å². The van der Waals surface area contributed by atoms with E-state index in [4.69, 9.17) is 0 Å². The van der Waals surface area contributed by atoms with Gasteiger partial charge in [0.2, 0.25) is 5.91 Å². The molecule has 0 bridgehead atoms. The molecule has 4 nitrogen and oxygen atoms in total. The number of carbonyl (C=O) groups excluding carboxylic acids is 1. The highest BCUT2D eigenvalue weighted by molar-refractivity contribution is 8.00. The number of hydrogen-bond donors (Lipinski definition) is 1. The molecule has 2 aromatic heterocycles.